The molecule has 0 radical (unpaired) electrons. The monoisotopic (exact) mass is 418 g/mol. The zero-order valence-corrected chi connectivity index (χ0v) is 18.5. The van der Waals surface area contributed by atoms with E-state index in [4.69, 9.17) is 0 Å². The van der Waals surface area contributed by atoms with Crippen LogP contribution in [0, 0.1) is 6.92 Å². The summed E-state index contributed by atoms with van der Waals surface area (Å²) < 4.78 is 0. The fourth-order valence-electron chi connectivity index (χ4n) is 1.52. The van der Waals surface area contributed by atoms with Crippen molar-refractivity contribution < 1.29 is 48.1 Å². The van der Waals surface area contributed by atoms with E-state index in [1.165, 1.54) is 30.4 Å². The van der Waals surface area contributed by atoms with Crippen LogP contribution in [0.15, 0.2) is 48.5 Å². The predicted octanol–water partition coefficient (Wildman–Crippen LogP) is -0.746. The maximum atomic E-state index is 2.31. The molecule has 0 amide bonds. The van der Waals surface area contributed by atoms with Gasteiger partial charge < -0.3 is 24.8 Å². The SMILES string of the molecule is CCCCc1c[cH-]cc1C.C[Si](C)=[Zr+2].[Cl-].[Cl-].c1cc[cH-]c1. The molecule has 0 spiro atoms. The van der Waals surface area contributed by atoms with E-state index in [2.05, 4.69) is 45.1 Å². The maximum absolute atomic E-state index is 2.31. The molecule has 0 aliphatic heterocycles. The molecule has 4 heteroatoms. The van der Waals surface area contributed by atoms with E-state index >= 15 is 0 Å². The van der Waals surface area contributed by atoms with E-state index in [-0.39, 0.29) is 30.2 Å². The zero-order valence-electron chi connectivity index (χ0n) is 13.5. The third-order valence-corrected chi connectivity index (χ3v) is 2.51. The van der Waals surface area contributed by atoms with E-state index in [1.807, 2.05) is 30.3 Å². The van der Waals surface area contributed by atoms with E-state index in [9.17, 15) is 0 Å². The third kappa shape index (κ3) is 18.3. The van der Waals surface area contributed by atoms with Crippen molar-refractivity contribution in [2.24, 2.45) is 0 Å². The third-order valence-electron chi connectivity index (χ3n) is 2.51. The summed E-state index contributed by atoms with van der Waals surface area (Å²) in [4.78, 5) is 0. The number of aryl methyl sites for hydroxylation is 2. The van der Waals surface area contributed by atoms with Gasteiger partial charge in [-0.2, -0.15) is 47.5 Å². The summed E-state index contributed by atoms with van der Waals surface area (Å²) in [6.45, 7) is 9.04. The maximum Gasteiger partial charge on any atom is -0.172 e. The molecule has 0 aromatic heterocycles. The van der Waals surface area contributed by atoms with Crippen LogP contribution in [0.1, 0.15) is 30.9 Å². The van der Waals surface area contributed by atoms with E-state index in [0.29, 0.717) is 0 Å². The van der Waals surface area contributed by atoms with Gasteiger partial charge in [0.2, 0.25) is 0 Å². The molecule has 0 saturated heterocycles. The second-order valence-electron chi connectivity index (χ2n) is 4.80. The van der Waals surface area contributed by atoms with Gasteiger partial charge in [0.1, 0.15) is 0 Å². The van der Waals surface area contributed by atoms with E-state index in [0.717, 1.165) is 0 Å². The van der Waals surface area contributed by atoms with Crippen LogP contribution in [0.2, 0.25) is 13.1 Å². The first-order chi connectivity index (χ1) is 9.07. The minimum atomic E-state index is 0. The molecule has 2 rings (SSSR count). The fraction of sp³-hybridized carbons (Fsp3) is 0.412. The van der Waals surface area contributed by atoms with Crippen LogP contribution in [-0.2, 0) is 29.8 Å². The van der Waals surface area contributed by atoms with Gasteiger partial charge in [-0.05, 0) is 0 Å². The molecule has 0 aliphatic rings. The summed E-state index contributed by atoms with van der Waals surface area (Å²) in [7, 11) is 0. The van der Waals surface area contributed by atoms with Gasteiger partial charge in [0.05, 0.1) is 0 Å². The van der Waals surface area contributed by atoms with Crippen LogP contribution in [0.3, 0.4) is 0 Å². The Morgan fingerprint density at radius 3 is 1.86 bits per heavy atom. The molecule has 2 aromatic carbocycles. The second kappa shape index (κ2) is 18.4. The van der Waals surface area contributed by atoms with Crippen LogP contribution in [0.25, 0.3) is 0 Å². The van der Waals surface area contributed by atoms with Crippen LogP contribution in [0.5, 0.6) is 0 Å². The van der Waals surface area contributed by atoms with Crippen molar-refractivity contribution in [2.45, 2.75) is 46.2 Å². The Labute approximate surface area is 158 Å². The average Bonchev–Trinajstić information content (AvgIpc) is 3.00. The fourth-order valence-corrected chi connectivity index (χ4v) is 1.52. The van der Waals surface area contributed by atoms with Gasteiger partial charge in [-0.15, -0.1) is 0 Å². The standard InChI is InChI=1S/C10H15.C5H5.C2H6Si.2ClH.Zr/c1-3-4-7-10-8-5-6-9(10)2;1-2-4-5-3-1;1-3-2;;;/h5-6,8H,3-4,7H2,1-2H3;1-5H;1-2H3;2*1H;/q2*-1;;;;+2/p-2. The molecule has 0 atom stereocenters. The van der Waals surface area contributed by atoms with Crippen LogP contribution in [-0.4, -0.2) is 5.43 Å². The molecule has 0 N–H and O–H groups in total. The average molecular weight is 421 g/mol. The molecule has 0 nitrogen and oxygen atoms in total. The largest absolute Gasteiger partial charge is 1.00 e. The molecule has 21 heavy (non-hydrogen) atoms. The molecule has 0 bridgehead atoms. The van der Waals surface area contributed by atoms with Crippen molar-refractivity contribution >= 4 is 5.43 Å². The van der Waals surface area contributed by atoms with Crippen LogP contribution < -0.4 is 24.8 Å². The zero-order chi connectivity index (χ0) is 14.5. The van der Waals surface area contributed by atoms with Crippen molar-refractivity contribution in [3.05, 3.63) is 59.7 Å². The summed E-state index contributed by atoms with van der Waals surface area (Å²) in [5, 5.41) is 0. The first-order valence-electron chi connectivity index (χ1n) is 6.97. The molecule has 0 heterocycles. The molecular formula is C17H26Cl2SiZr-2. The topological polar surface area (TPSA) is 0 Å². The van der Waals surface area contributed by atoms with Crippen molar-refractivity contribution in [2.75, 3.05) is 0 Å². The van der Waals surface area contributed by atoms with Gasteiger partial charge in [0, 0.05) is 0 Å². The van der Waals surface area contributed by atoms with Crippen LogP contribution in [0.4, 0.5) is 0 Å². The summed E-state index contributed by atoms with van der Waals surface area (Å²) in [6, 6.07) is 16.6. The van der Waals surface area contributed by atoms with E-state index in [1.54, 1.807) is 23.3 Å². The van der Waals surface area contributed by atoms with Gasteiger partial charge in [-0.3, -0.25) is 0 Å². The Bertz CT molecular complexity index is 400. The summed E-state index contributed by atoms with van der Waals surface area (Å²) in [5.74, 6) is 0. The number of rotatable bonds is 3. The Balaban J connectivity index is -0.000000252. The van der Waals surface area contributed by atoms with Crippen molar-refractivity contribution in [3.63, 3.8) is 0 Å². The molecular weight excluding hydrogens is 394 g/mol. The van der Waals surface area contributed by atoms with Gasteiger partial charge in [-0.25, -0.2) is 12.1 Å². The van der Waals surface area contributed by atoms with Gasteiger partial charge in [-0.1, -0.05) is 33.1 Å². The van der Waals surface area contributed by atoms with Gasteiger partial charge in [0.25, 0.3) is 0 Å². The second-order valence-corrected chi connectivity index (χ2v) is 14.2. The Morgan fingerprint density at radius 2 is 1.57 bits per heavy atom. The summed E-state index contributed by atoms with van der Waals surface area (Å²) in [5.41, 5.74) is 3.19. The van der Waals surface area contributed by atoms with E-state index < -0.39 is 0 Å². The number of halogens is 2. The molecule has 118 valence electrons. The minimum absolute atomic E-state index is 0. The number of hydrogen-bond acceptors (Lipinski definition) is 0. The molecule has 0 saturated carbocycles. The van der Waals surface area contributed by atoms with Crippen molar-refractivity contribution in [1.29, 1.82) is 0 Å². The molecule has 0 unspecified atom stereocenters. The molecule has 2 aromatic rings. The van der Waals surface area contributed by atoms with Crippen LogP contribution >= 0.6 is 0 Å². The first-order valence-corrected chi connectivity index (χ1v) is 13.2. The first kappa shape index (κ1) is 26.3. The number of unbranched alkanes of at least 4 members (excludes halogenated alkanes) is 1. The molecule has 0 fully saturated rings. The van der Waals surface area contributed by atoms with Gasteiger partial charge >= 0.3 is 41.9 Å². The minimum Gasteiger partial charge on any atom is -1.00 e. The van der Waals surface area contributed by atoms with Gasteiger partial charge in [0.15, 0.2) is 0 Å². The number of hydrogen-bond donors (Lipinski definition) is 0. The normalized spacial score (nSPS) is 8.10. The molecule has 0 aliphatic carbocycles. The Morgan fingerprint density at radius 1 is 1.05 bits per heavy atom. The smallest absolute Gasteiger partial charge is 0.172 e. The predicted molar refractivity (Wildman–Crippen MR) is 84.9 cm³/mol. The van der Waals surface area contributed by atoms with Crippen molar-refractivity contribution in [3.8, 4) is 0 Å². The van der Waals surface area contributed by atoms with Crippen molar-refractivity contribution in [1.82, 2.24) is 0 Å². The Kier molecular flexibility index (Phi) is 23.1. The summed E-state index contributed by atoms with van der Waals surface area (Å²) >= 11 is 1.74. The summed E-state index contributed by atoms with van der Waals surface area (Å²) in [6.07, 6.45) is 3.88. The quantitative estimate of drug-likeness (QED) is 0.453. The Hall–Kier alpha value is 0.380.